The van der Waals surface area contributed by atoms with Gasteiger partial charge in [-0.05, 0) is 25.6 Å². The summed E-state index contributed by atoms with van der Waals surface area (Å²) in [5.41, 5.74) is 7.07. The predicted molar refractivity (Wildman–Crippen MR) is 89.6 cm³/mol. The van der Waals surface area contributed by atoms with Crippen molar-refractivity contribution in [2.45, 2.75) is 18.9 Å². The van der Waals surface area contributed by atoms with Crippen molar-refractivity contribution in [1.82, 2.24) is 15.1 Å². The number of piperazine rings is 1. The largest absolute Gasteiger partial charge is 0.356 e. The molecule has 1 fully saturated rings. The fourth-order valence-electron chi connectivity index (χ4n) is 2.69. The van der Waals surface area contributed by atoms with Crippen LogP contribution in [0, 0.1) is 0 Å². The lowest BCUT2D eigenvalue weighted by atomic mass is 10.0. The Morgan fingerprint density at radius 2 is 1.91 bits per heavy atom. The monoisotopic (exact) mass is 304 g/mol. The zero-order chi connectivity index (χ0) is 15.8. The van der Waals surface area contributed by atoms with Gasteiger partial charge in [-0.25, -0.2) is 0 Å². The Kier molecular flexibility index (Phi) is 6.83. The van der Waals surface area contributed by atoms with Crippen LogP contribution in [0.4, 0.5) is 0 Å². The quantitative estimate of drug-likeness (QED) is 0.733. The van der Waals surface area contributed by atoms with Gasteiger partial charge in [0.25, 0.3) is 0 Å². The summed E-state index contributed by atoms with van der Waals surface area (Å²) >= 11 is 0. The third kappa shape index (κ3) is 5.75. The summed E-state index contributed by atoms with van der Waals surface area (Å²) < 4.78 is 0. The number of benzene rings is 1. The first kappa shape index (κ1) is 16.9. The number of nitrogens with one attached hydrogen (secondary N) is 1. The zero-order valence-electron chi connectivity index (χ0n) is 13.5. The number of hydrogen-bond donors (Lipinski definition) is 2. The highest BCUT2D eigenvalue weighted by atomic mass is 16.1. The van der Waals surface area contributed by atoms with Crippen molar-refractivity contribution in [3.63, 3.8) is 0 Å². The Hall–Kier alpha value is -1.43. The van der Waals surface area contributed by atoms with E-state index in [0.717, 1.165) is 51.3 Å². The fraction of sp³-hybridized carbons (Fsp3) is 0.588. The van der Waals surface area contributed by atoms with Crippen LogP contribution >= 0.6 is 0 Å². The van der Waals surface area contributed by atoms with Gasteiger partial charge in [0.05, 0.1) is 0 Å². The minimum Gasteiger partial charge on any atom is -0.356 e. The van der Waals surface area contributed by atoms with Gasteiger partial charge < -0.3 is 20.9 Å². The maximum Gasteiger partial charge on any atom is 0.221 e. The van der Waals surface area contributed by atoms with Gasteiger partial charge in [0.2, 0.25) is 5.91 Å². The predicted octanol–water partition coefficient (Wildman–Crippen LogP) is 0.830. The van der Waals surface area contributed by atoms with Gasteiger partial charge in [-0.3, -0.25) is 4.79 Å². The molecule has 1 aliphatic rings. The highest BCUT2D eigenvalue weighted by Gasteiger charge is 2.14. The molecule has 1 aliphatic heterocycles. The molecule has 1 heterocycles. The van der Waals surface area contributed by atoms with Crippen molar-refractivity contribution < 1.29 is 4.79 Å². The van der Waals surface area contributed by atoms with Crippen LogP contribution in [0.15, 0.2) is 30.3 Å². The van der Waals surface area contributed by atoms with Gasteiger partial charge in [0.1, 0.15) is 0 Å². The molecular weight excluding hydrogens is 276 g/mol. The lowest BCUT2D eigenvalue weighted by molar-refractivity contribution is -0.121. The first-order valence-corrected chi connectivity index (χ1v) is 8.13. The summed E-state index contributed by atoms with van der Waals surface area (Å²) in [6.07, 6.45) is 1.34. The molecule has 1 aromatic rings. The minimum absolute atomic E-state index is 0.0368. The molecule has 122 valence electrons. The van der Waals surface area contributed by atoms with E-state index in [-0.39, 0.29) is 11.9 Å². The molecule has 22 heavy (non-hydrogen) atoms. The van der Waals surface area contributed by atoms with E-state index in [1.54, 1.807) is 0 Å². The van der Waals surface area contributed by atoms with E-state index in [1.165, 1.54) is 0 Å². The molecular formula is C17H28N4O. The third-order valence-electron chi connectivity index (χ3n) is 4.20. The maximum atomic E-state index is 11.9. The number of nitrogens with two attached hydrogens (primary N) is 1. The molecule has 0 aromatic heterocycles. The molecule has 3 N–H and O–H groups in total. The smallest absolute Gasteiger partial charge is 0.221 e. The van der Waals surface area contributed by atoms with Crippen molar-refractivity contribution in [2.75, 3.05) is 46.3 Å². The molecule has 2 rings (SSSR count). The summed E-state index contributed by atoms with van der Waals surface area (Å²) in [5, 5.41) is 2.98. The van der Waals surface area contributed by atoms with Gasteiger partial charge in [-0.2, -0.15) is 0 Å². The molecule has 1 aromatic carbocycles. The van der Waals surface area contributed by atoms with E-state index >= 15 is 0 Å². The summed E-state index contributed by atoms with van der Waals surface area (Å²) in [7, 11) is 2.16. The Labute approximate surface area is 133 Å². The van der Waals surface area contributed by atoms with Gasteiger partial charge in [0, 0.05) is 45.2 Å². The van der Waals surface area contributed by atoms with Gasteiger partial charge in [-0.15, -0.1) is 0 Å². The first-order valence-electron chi connectivity index (χ1n) is 8.13. The Morgan fingerprint density at radius 3 is 2.59 bits per heavy atom. The number of carbonyl (C=O) groups is 1. The maximum absolute atomic E-state index is 11.9. The number of nitrogens with zero attached hydrogens (tertiary/aromatic N) is 2. The van der Waals surface area contributed by atoms with Gasteiger partial charge >= 0.3 is 0 Å². The highest BCUT2D eigenvalue weighted by molar-refractivity contribution is 5.76. The molecule has 0 saturated carbocycles. The number of carbonyl (C=O) groups excluding carboxylic acids is 1. The van der Waals surface area contributed by atoms with Crippen LogP contribution in [0.25, 0.3) is 0 Å². The van der Waals surface area contributed by atoms with Crippen molar-refractivity contribution >= 4 is 5.91 Å². The Bertz CT molecular complexity index is 443. The zero-order valence-corrected chi connectivity index (χ0v) is 13.5. The van der Waals surface area contributed by atoms with Crippen molar-refractivity contribution in [3.8, 4) is 0 Å². The average molecular weight is 304 g/mol. The molecule has 0 radical (unpaired) electrons. The topological polar surface area (TPSA) is 61.6 Å². The molecule has 0 bridgehead atoms. The van der Waals surface area contributed by atoms with Crippen molar-refractivity contribution in [1.29, 1.82) is 0 Å². The second-order valence-electron chi connectivity index (χ2n) is 6.07. The van der Waals surface area contributed by atoms with E-state index in [1.807, 2.05) is 30.3 Å². The summed E-state index contributed by atoms with van der Waals surface area (Å²) in [4.78, 5) is 16.7. The average Bonchev–Trinajstić information content (AvgIpc) is 2.54. The van der Waals surface area contributed by atoms with E-state index in [9.17, 15) is 4.79 Å². The summed E-state index contributed by atoms with van der Waals surface area (Å²) in [6.45, 7) is 6.31. The molecule has 1 saturated heterocycles. The highest BCUT2D eigenvalue weighted by Crippen LogP contribution is 2.12. The van der Waals surface area contributed by atoms with Crippen LogP contribution in [-0.2, 0) is 4.79 Å². The molecule has 1 amide bonds. The molecule has 0 spiro atoms. The van der Waals surface area contributed by atoms with Crippen molar-refractivity contribution in [3.05, 3.63) is 35.9 Å². The van der Waals surface area contributed by atoms with Crippen LogP contribution in [0.3, 0.4) is 0 Å². The summed E-state index contributed by atoms with van der Waals surface area (Å²) in [5.74, 6) is 0.0368. The normalized spacial score (nSPS) is 18.1. The number of hydrogen-bond acceptors (Lipinski definition) is 4. The Balaban J connectivity index is 1.58. The fourth-order valence-corrected chi connectivity index (χ4v) is 2.69. The summed E-state index contributed by atoms with van der Waals surface area (Å²) in [6, 6.07) is 9.55. The minimum atomic E-state index is -0.223. The lowest BCUT2D eigenvalue weighted by Crippen LogP contribution is -2.45. The first-order chi connectivity index (χ1) is 10.6. The van der Waals surface area contributed by atoms with Gasteiger partial charge in [-0.1, -0.05) is 30.3 Å². The van der Waals surface area contributed by atoms with E-state index in [4.69, 9.17) is 5.73 Å². The van der Waals surface area contributed by atoms with Gasteiger partial charge in [0.15, 0.2) is 0 Å². The molecule has 0 aliphatic carbocycles. The molecule has 1 atom stereocenters. The molecule has 5 nitrogen and oxygen atoms in total. The van der Waals surface area contributed by atoms with E-state index in [0.29, 0.717) is 6.42 Å². The van der Waals surface area contributed by atoms with Crippen LogP contribution in [0.5, 0.6) is 0 Å². The second kappa shape index (κ2) is 8.88. The third-order valence-corrected chi connectivity index (χ3v) is 4.20. The number of amides is 1. The SMILES string of the molecule is CN1CCN(CCCNC(=O)CC(N)c2ccccc2)CC1. The van der Waals surface area contributed by atoms with Crippen LogP contribution in [0.1, 0.15) is 24.4 Å². The van der Waals surface area contributed by atoms with Crippen LogP contribution < -0.4 is 11.1 Å². The second-order valence-corrected chi connectivity index (χ2v) is 6.07. The van der Waals surface area contributed by atoms with Crippen LogP contribution in [0.2, 0.25) is 0 Å². The number of likely N-dealkylation sites (N-methyl/N-ethyl adjacent to an activating group) is 1. The van der Waals surface area contributed by atoms with Crippen molar-refractivity contribution in [2.24, 2.45) is 5.73 Å². The van der Waals surface area contributed by atoms with Crippen LogP contribution in [-0.4, -0.2) is 62.0 Å². The van der Waals surface area contributed by atoms with E-state index < -0.39 is 0 Å². The lowest BCUT2D eigenvalue weighted by Gasteiger charge is -2.32. The standard InChI is InChI=1S/C17H28N4O/c1-20-10-12-21(13-11-20)9-5-8-19-17(22)14-16(18)15-6-3-2-4-7-15/h2-4,6-7,16H,5,8-14,18H2,1H3,(H,19,22). The van der Waals surface area contributed by atoms with E-state index in [2.05, 4.69) is 22.2 Å². The number of rotatable bonds is 7. The Morgan fingerprint density at radius 1 is 1.23 bits per heavy atom. The molecule has 1 unspecified atom stereocenters. The molecule has 5 heteroatoms.